The van der Waals surface area contributed by atoms with E-state index in [1.807, 2.05) is 54.6 Å². The molecule has 0 radical (unpaired) electrons. The third kappa shape index (κ3) is 4.33. The highest BCUT2D eigenvalue weighted by Crippen LogP contribution is 2.21. The van der Waals surface area contributed by atoms with Gasteiger partial charge in [0.2, 0.25) is 0 Å². The molecule has 1 N–H and O–H groups in total. The Labute approximate surface area is 158 Å². The maximum atomic E-state index is 6.02. The van der Waals surface area contributed by atoms with Crippen molar-refractivity contribution < 1.29 is 4.74 Å². The Morgan fingerprint density at radius 1 is 0.778 bits per heavy atom. The van der Waals surface area contributed by atoms with Crippen molar-refractivity contribution in [3.8, 4) is 5.75 Å². The smallest absolute Gasteiger partial charge is 0.120 e. The van der Waals surface area contributed by atoms with Crippen LogP contribution in [0.4, 0.5) is 5.69 Å². The third-order valence-corrected chi connectivity index (χ3v) is 4.31. The molecule has 0 spiro atoms. The van der Waals surface area contributed by atoms with Crippen molar-refractivity contribution >= 4 is 22.7 Å². The molecule has 0 amide bonds. The second-order valence-corrected chi connectivity index (χ2v) is 6.24. The number of nitrogens with zero attached hydrogens (tertiary/aromatic N) is 1. The predicted octanol–water partition coefficient (Wildman–Crippen LogP) is 5.86. The van der Waals surface area contributed by atoms with Gasteiger partial charge in [0.15, 0.2) is 0 Å². The van der Waals surface area contributed by atoms with Gasteiger partial charge in [-0.25, -0.2) is 0 Å². The summed E-state index contributed by atoms with van der Waals surface area (Å²) in [6, 6.07) is 32.5. The molecule has 0 fully saturated rings. The molecule has 4 aromatic rings. The molecule has 0 aliphatic carbocycles. The van der Waals surface area contributed by atoms with Gasteiger partial charge < -0.3 is 4.74 Å². The van der Waals surface area contributed by atoms with Gasteiger partial charge in [-0.05, 0) is 46.2 Å². The lowest BCUT2D eigenvalue weighted by Gasteiger charge is -2.09. The monoisotopic (exact) mass is 352 g/mol. The molecule has 0 saturated heterocycles. The van der Waals surface area contributed by atoms with Crippen LogP contribution in [0.15, 0.2) is 102 Å². The number of hydrazone groups is 1. The van der Waals surface area contributed by atoms with E-state index < -0.39 is 0 Å². The van der Waals surface area contributed by atoms with Crippen molar-refractivity contribution in [2.75, 3.05) is 5.43 Å². The van der Waals surface area contributed by atoms with E-state index in [9.17, 15) is 0 Å². The molecular formula is C24H20N2O. The van der Waals surface area contributed by atoms with E-state index >= 15 is 0 Å². The summed E-state index contributed by atoms with van der Waals surface area (Å²) in [6.07, 6.45) is 1.79. The van der Waals surface area contributed by atoms with E-state index in [-0.39, 0.29) is 0 Å². The Hall–Kier alpha value is -3.59. The summed E-state index contributed by atoms with van der Waals surface area (Å²) in [5.41, 5.74) is 6.13. The standard InChI is InChI=1S/C24H20N2O/c1-2-12-22(13-3-1)26-25-17-19-8-6-14-23(16-19)27-18-21-11-7-10-20-9-4-5-15-24(20)21/h1-17,26H,18H2. The van der Waals surface area contributed by atoms with Crippen molar-refractivity contribution in [2.24, 2.45) is 5.10 Å². The molecular weight excluding hydrogens is 332 g/mol. The van der Waals surface area contributed by atoms with Gasteiger partial charge in [-0.15, -0.1) is 0 Å². The SMILES string of the molecule is C(=NNc1ccccc1)c1cccc(OCc2cccc3ccccc23)c1. The van der Waals surface area contributed by atoms with Crippen LogP contribution in [0.25, 0.3) is 10.8 Å². The van der Waals surface area contributed by atoms with Crippen LogP contribution < -0.4 is 10.2 Å². The number of fused-ring (bicyclic) bond motifs is 1. The van der Waals surface area contributed by atoms with E-state index in [1.54, 1.807) is 6.21 Å². The average molecular weight is 352 g/mol. The number of benzene rings is 4. The van der Waals surface area contributed by atoms with E-state index in [4.69, 9.17) is 4.74 Å². The topological polar surface area (TPSA) is 33.6 Å². The fourth-order valence-electron chi connectivity index (χ4n) is 2.96. The first-order chi connectivity index (χ1) is 13.4. The number of rotatable bonds is 6. The number of hydrogen-bond donors (Lipinski definition) is 1. The summed E-state index contributed by atoms with van der Waals surface area (Å²) in [6.45, 7) is 0.532. The molecule has 4 rings (SSSR count). The zero-order chi connectivity index (χ0) is 18.3. The highest BCUT2D eigenvalue weighted by atomic mass is 16.5. The minimum Gasteiger partial charge on any atom is -0.489 e. The lowest BCUT2D eigenvalue weighted by molar-refractivity contribution is 0.307. The summed E-state index contributed by atoms with van der Waals surface area (Å²) >= 11 is 0. The first-order valence-electron chi connectivity index (χ1n) is 8.92. The van der Waals surface area contributed by atoms with Gasteiger partial charge in [-0.3, -0.25) is 5.43 Å². The van der Waals surface area contributed by atoms with Crippen LogP contribution in [0.3, 0.4) is 0 Å². The minimum atomic E-state index is 0.532. The second kappa shape index (κ2) is 8.19. The summed E-state index contributed by atoms with van der Waals surface area (Å²) in [5.74, 6) is 0.826. The van der Waals surface area contributed by atoms with Gasteiger partial charge in [0.25, 0.3) is 0 Å². The number of anilines is 1. The zero-order valence-corrected chi connectivity index (χ0v) is 14.9. The van der Waals surface area contributed by atoms with Crippen molar-refractivity contribution in [1.82, 2.24) is 0 Å². The fourth-order valence-corrected chi connectivity index (χ4v) is 2.96. The van der Waals surface area contributed by atoms with Gasteiger partial charge in [0, 0.05) is 0 Å². The summed E-state index contributed by atoms with van der Waals surface area (Å²) in [7, 11) is 0. The van der Waals surface area contributed by atoms with Gasteiger partial charge in [-0.1, -0.05) is 72.8 Å². The Bertz CT molecular complexity index is 1050. The molecule has 0 unspecified atom stereocenters. The molecule has 0 atom stereocenters. The van der Waals surface area contributed by atoms with Crippen molar-refractivity contribution in [3.05, 3.63) is 108 Å². The molecule has 4 aromatic carbocycles. The summed E-state index contributed by atoms with van der Waals surface area (Å²) in [5, 5.41) is 6.74. The fraction of sp³-hybridized carbons (Fsp3) is 0.0417. The van der Waals surface area contributed by atoms with Gasteiger partial charge >= 0.3 is 0 Å². The van der Waals surface area contributed by atoms with Crippen molar-refractivity contribution in [3.63, 3.8) is 0 Å². The van der Waals surface area contributed by atoms with Gasteiger partial charge in [-0.2, -0.15) is 5.10 Å². The van der Waals surface area contributed by atoms with Crippen molar-refractivity contribution in [1.29, 1.82) is 0 Å². The molecule has 132 valence electrons. The molecule has 0 aliphatic heterocycles. The maximum Gasteiger partial charge on any atom is 0.120 e. The van der Waals surface area contributed by atoms with E-state index in [1.165, 1.54) is 16.3 Å². The van der Waals surface area contributed by atoms with E-state index in [2.05, 4.69) is 53.0 Å². The molecule has 3 heteroatoms. The molecule has 0 heterocycles. The largest absolute Gasteiger partial charge is 0.489 e. The van der Waals surface area contributed by atoms with Crippen molar-refractivity contribution in [2.45, 2.75) is 6.61 Å². The number of ether oxygens (including phenoxy) is 1. The Morgan fingerprint density at radius 3 is 2.48 bits per heavy atom. The summed E-state index contributed by atoms with van der Waals surface area (Å²) in [4.78, 5) is 0. The normalized spacial score (nSPS) is 11.0. The molecule has 3 nitrogen and oxygen atoms in total. The summed E-state index contributed by atoms with van der Waals surface area (Å²) < 4.78 is 6.02. The Morgan fingerprint density at radius 2 is 1.56 bits per heavy atom. The first kappa shape index (κ1) is 16.9. The van der Waals surface area contributed by atoms with Crippen LogP contribution in [0, 0.1) is 0 Å². The lowest BCUT2D eigenvalue weighted by Crippen LogP contribution is -1.97. The lowest BCUT2D eigenvalue weighted by atomic mass is 10.1. The average Bonchev–Trinajstić information content (AvgIpc) is 2.73. The second-order valence-electron chi connectivity index (χ2n) is 6.24. The number of para-hydroxylation sites is 1. The number of hydrogen-bond acceptors (Lipinski definition) is 3. The Balaban J connectivity index is 1.43. The highest BCUT2D eigenvalue weighted by Gasteiger charge is 2.02. The molecule has 0 aliphatic rings. The van der Waals surface area contributed by atoms with Crippen LogP contribution in [0.5, 0.6) is 5.75 Å². The maximum absolute atomic E-state index is 6.02. The Kier molecular flexibility index (Phi) is 5.11. The molecule has 0 bridgehead atoms. The van der Waals surface area contributed by atoms with Gasteiger partial charge in [0.05, 0.1) is 11.9 Å². The van der Waals surface area contributed by atoms with E-state index in [0.29, 0.717) is 6.61 Å². The predicted molar refractivity (Wildman–Crippen MR) is 112 cm³/mol. The minimum absolute atomic E-state index is 0.532. The van der Waals surface area contributed by atoms with Crippen LogP contribution in [-0.2, 0) is 6.61 Å². The first-order valence-corrected chi connectivity index (χ1v) is 8.92. The third-order valence-electron chi connectivity index (χ3n) is 4.31. The van der Waals surface area contributed by atoms with Crippen LogP contribution >= 0.6 is 0 Å². The highest BCUT2D eigenvalue weighted by molar-refractivity contribution is 5.85. The zero-order valence-electron chi connectivity index (χ0n) is 14.9. The van der Waals surface area contributed by atoms with Crippen LogP contribution in [0.1, 0.15) is 11.1 Å². The molecule has 27 heavy (non-hydrogen) atoms. The van der Waals surface area contributed by atoms with Crippen LogP contribution in [0.2, 0.25) is 0 Å². The van der Waals surface area contributed by atoms with E-state index in [0.717, 1.165) is 17.0 Å². The number of nitrogens with one attached hydrogen (secondary N) is 1. The quantitative estimate of drug-likeness (QED) is 0.348. The van der Waals surface area contributed by atoms with Crippen LogP contribution in [-0.4, -0.2) is 6.21 Å². The molecule has 0 aromatic heterocycles. The molecule has 0 saturated carbocycles. The van der Waals surface area contributed by atoms with Gasteiger partial charge in [0.1, 0.15) is 12.4 Å².